The Morgan fingerprint density at radius 3 is 3.08 bits per heavy atom. The molecule has 0 saturated heterocycles. The lowest BCUT2D eigenvalue weighted by Crippen LogP contribution is -2.01. The van der Waals surface area contributed by atoms with Gasteiger partial charge in [0, 0.05) is 18.9 Å². The van der Waals surface area contributed by atoms with E-state index in [0.717, 1.165) is 12.2 Å². The predicted molar refractivity (Wildman–Crippen MR) is 60.3 cm³/mol. The average molecular weight is 196 g/mol. The van der Waals surface area contributed by atoms with Crippen LogP contribution >= 0.6 is 11.8 Å². The van der Waals surface area contributed by atoms with E-state index >= 15 is 0 Å². The first kappa shape index (κ1) is 10.4. The second-order valence-corrected chi connectivity index (χ2v) is 3.85. The molecule has 3 heteroatoms. The lowest BCUT2D eigenvalue weighted by molar-refractivity contribution is 0.843. The SMILES string of the molecule is CSCCCCNc1cccnc1. The van der Waals surface area contributed by atoms with Crippen LogP contribution in [0.1, 0.15) is 12.8 Å². The summed E-state index contributed by atoms with van der Waals surface area (Å²) in [4.78, 5) is 4.03. The molecule has 13 heavy (non-hydrogen) atoms. The van der Waals surface area contributed by atoms with Gasteiger partial charge in [0.1, 0.15) is 0 Å². The smallest absolute Gasteiger partial charge is 0.0526 e. The van der Waals surface area contributed by atoms with Crippen LogP contribution in [0, 0.1) is 0 Å². The van der Waals surface area contributed by atoms with Crippen LogP contribution in [-0.4, -0.2) is 23.5 Å². The number of anilines is 1. The zero-order valence-corrected chi connectivity index (χ0v) is 8.81. The number of nitrogens with one attached hydrogen (secondary N) is 1. The third kappa shape index (κ3) is 4.78. The topological polar surface area (TPSA) is 24.9 Å². The Labute approximate surface area is 84.1 Å². The van der Waals surface area contributed by atoms with Crippen LogP contribution in [0.15, 0.2) is 24.5 Å². The van der Waals surface area contributed by atoms with E-state index < -0.39 is 0 Å². The molecule has 0 aliphatic rings. The minimum Gasteiger partial charge on any atom is -0.384 e. The molecule has 0 unspecified atom stereocenters. The van der Waals surface area contributed by atoms with E-state index in [2.05, 4.69) is 16.6 Å². The number of thioether (sulfide) groups is 1. The van der Waals surface area contributed by atoms with Gasteiger partial charge in [-0.1, -0.05) is 0 Å². The van der Waals surface area contributed by atoms with Gasteiger partial charge >= 0.3 is 0 Å². The van der Waals surface area contributed by atoms with Crippen LogP contribution in [-0.2, 0) is 0 Å². The molecule has 1 aromatic rings. The summed E-state index contributed by atoms with van der Waals surface area (Å²) < 4.78 is 0. The number of nitrogens with zero attached hydrogens (tertiary/aromatic N) is 1. The van der Waals surface area contributed by atoms with Crippen molar-refractivity contribution in [1.29, 1.82) is 0 Å². The molecule has 1 aromatic heterocycles. The summed E-state index contributed by atoms with van der Waals surface area (Å²) in [5.41, 5.74) is 1.12. The number of pyridine rings is 1. The van der Waals surface area contributed by atoms with Crippen LogP contribution in [0.3, 0.4) is 0 Å². The van der Waals surface area contributed by atoms with Crippen molar-refractivity contribution in [2.45, 2.75) is 12.8 Å². The fourth-order valence-corrected chi connectivity index (χ4v) is 1.56. The molecule has 2 nitrogen and oxygen atoms in total. The second-order valence-electron chi connectivity index (χ2n) is 2.87. The van der Waals surface area contributed by atoms with Crippen LogP contribution < -0.4 is 5.32 Å². The summed E-state index contributed by atoms with van der Waals surface area (Å²) in [5.74, 6) is 1.26. The van der Waals surface area contributed by atoms with Crippen molar-refractivity contribution in [3.8, 4) is 0 Å². The van der Waals surface area contributed by atoms with Gasteiger partial charge in [0.05, 0.1) is 5.69 Å². The maximum Gasteiger partial charge on any atom is 0.0526 e. The van der Waals surface area contributed by atoms with Crippen molar-refractivity contribution < 1.29 is 0 Å². The third-order valence-electron chi connectivity index (χ3n) is 1.77. The van der Waals surface area contributed by atoms with E-state index in [1.54, 1.807) is 6.20 Å². The largest absolute Gasteiger partial charge is 0.384 e. The molecule has 0 atom stereocenters. The van der Waals surface area contributed by atoms with Gasteiger partial charge in [-0.25, -0.2) is 0 Å². The predicted octanol–water partition coefficient (Wildman–Crippen LogP) is 2.64. The molecule has 0 saturated carbocycles. The van der Waals surface area contributed by atoms with E-state index in [-0.39, 0.29) is 0 Å². The minimum atomic E-state index is 1.05. The average Bonchev–Trinajstić information content (AvgIpc) is 2.19. The quantitative estimate of drug-likeness (QED) is 0.708. The molecule has 0 radical (unpaired) electrons. The Balaban J connectivity index is 2.07. The van der Waals surface area contributed by atoms with Crippen LogP contribution in [0.4, 0.5) is 5.69 Å². The van der Waals surface area contributed by atoms with E-state index in [9.17, 15) is 0 Å². The molecule has 0 bridgehead atoms. The fourth-order valence-electron chi connectivity index (χ4n) is 1.07. The second kappa shape index (κ2) is 6.78. The number of aromatic nitrogens is 1. The van der Waals surface area contributed by atoms with Gasteiger partial charge in [0.15, 0.2) is 0 Å². The van der Waals surface area contributed by atoms with Crippen molar-refractivity contribution in [3.05, 3.63) is 24.5 Å². The summed E-state index contributed by atoms with van der Waals surface area (Å²) in [7, 11) is 0. The van der Waals surface area contributed by atoms with Crippen molar-refractivity contribution in [2.75, 3.05) is 23.9 Å². The van der Waals surface area contributed by atoms with Crippen molar-refractivity contribution >= 4 is 17.4 Å². The van der Waals surface area contributed by atoms with Gasteiger partial charge in [-0.2, -0.15) is 11.8 Å². The van der Waals surface area contributed by atoms with Crippen LogP contribution in [0.5, 0.6) is 0 Å². The van der Waals surface area contributed by atoms with E-state index in [1.807, 2.05) is 30.1 Å². The van der Waals surface area contributed by atoms with E-state index in [4.69, 9.17) is 0 Å². The number of rotatable bonds is 6. The molecule has 1 N–H and O–H groups in total. The molecule has 0 aliphatic heterocycles. The Bertz CT molecular complexity index is 213. The molecule has 72 valence electrons. The molecule has 1 rings (SSSR count). The fraction of sp³-hybridized carbons (Fsp3) is 0.500. The highest BCUT2D eigenvalue weighted by Crippen LogP contribution is 2.04. The summed E-state index contributed by atoms with van der Waals surface area (Å²) in [5, 5.41) is 3.33. The lowest BCUT2D eigenvalue weighted by atomic mass is 10.3. The first-order chi connectivity index (χ1) is 6.43. The molecular formula is C10H16N2S. The molecule has 0 fully saturated rings. The highest BCUT2D eigenvalue weighted by Gasteiger charge is 1.89. The van der Waals surface area contributed by atoms with Crippen LogP contribution in [0.2, 0.25) is 0 Å². The van der Waals surface area contributed by atoms with Crippen LogP contribution in [0.25, 0.3) is 0 Å². The van der Waals surface area contributed by atoms with Crippen molar-refractivity contribution in [1.82, 2.24) is 4.98 Å². The summed E-state index contributed by atoms with van der Waals surface area (Å²) in [6.45, 7) is 1.05. The Morgan fingerprint density at radius 1 is 1.46 bits per heavy atom. The van der Waals surface area contributed by atoms with Gasteiger partial charge in [-0.3, -0.25) is 4.98 Å². The Hall–Kier alpha value is -0.700. The van der Waals surface area contributed by atoms with E-state index in [0.29, 0.717) is 0 Å². The number of unbranched alkanes of at least 4 members (excludes halogenated alkanes) is 1. The standard InChI is InChI=1S/C10H16N2S/c1-13-8-3-2-7-12-10-5-4-6-11-9-10/h4-6,9,12H,2-3,7-8H2,1H3. The van der Waals surface area contributed by atoms with Gasteiger partial charge in [0.25, 0.3) is 0 Å². The maximum atomic E-state index is 4.03. The molecule has 0 spiro atoms. The maximum absolute atomic E-state index is 4.03. The molecule has 0 aliphatic carbocycles. The summed E-state index contributed by atoms with van der Waals surface area (Å²) in [6.07, 6.45) is 8.31. The zero-order valence-electron chi connectivity index (χ0n) is 7.99. The number of hydrogen-bond acceptors (Lipinski definition) is 3. The molecule has 0 amide bonds. The summed E-state index contributed by atoms with van der Waals surface area (Å²) in [6, 6.07) is 3.99. The lowest BCUT2D eigenvalue weighted by Gasteiger charge is -2.04. The van der Waals surface area contributed by atoms with Crippen molar-refractivity contribution in [2.24, 2.45) is 0 Å². The highest BCUT2D eigenvalue weighted by atomic mass is 32.2. The minimum absolute atomic E-state index is 1.05. The Morgan fingerprint density at radius 2 is 2.38 bits per heavy atom. The summed E-state index contributed by atoms with van der Waals surface area (Å²) >= 11 is 1.91. The highest BCUT2D eigenvalue weighted by molar-refractivity contribution is 7.98. The molecule has 1 heterocycles. The third-order valence-corrected chi connectivity index (χ3v) is 2.46. The molecular weight excluding hydrogens is 180 g/mol. The van der Waals surface area contributed by atoms with Gasteiger partial charge < -0.3 is 5.32 Å². The van der Waals surface area contributed by atoms with Gasteiger partial charge in [-0.15, -0.1) is 0 Å². The van der Waals surface area contributed by atoms with E-state index in [1.165, 1.54) is 18.6 Å². The number of hydrogen-bond donors (Lipinski definition) is 1. The first-order valence-corrected chi connectivity index (χ1v) is 5.95. The first-order valence-electron chi connectivity index (χ1n) is 4.56. The zero-order chi connectivity index (χ0) is 9.36. The molecule has 0 aromatic carbocycles. The normalized spacial score (nSPS) is 9.92. The van der Waals surface area contributed by atoms with Gasteiger partial charge in [0.2, 0.25) is 0 Å². The monoisotopic (exact) mass is 196 g/mol. The Kier molecular flexibility index (Phi) is 5.41. The van der Waals surface area contributed by atoms with Gasteiger partial charge in [-0.05, 0) is 37.0 Å². The van der Waals surface area contributed by atoms with Crippen molar-refractivity contribution in [3.63, 3.8) is 0 Å².